The largest absolute Gasteiger partial charge is 0.497 e. The molecule has 4 rings (SSSR count). The Morgan fingerprint density at radius 1 is 0.684 bits per heavy atom. The molecule has 0 unspecified atom stereocenters. The van der Waals surface area contributed by atoms with Crippen molar-refractivity contribution in [3.05, 3.63) is 101 Å². The molecule has 0 bridgehead atoms. The van der Waals surface area contributed by atoms with Gasteiger partial charge in [0.1, 0.15) is 22.8 Å². The highest BCUT2D eigenvalue weighted by molar-refractivity contribution is 6.12. The normalized spacial score (nSPS) is 13.2. The number of rotatable bonds is 12. The number of amides is 2. The molecule has 0 spiro atoms. The van der Waals surface area contributed by atoms with Crippen LogP contribution in [0.5, 0.6) is 17.2 Å². The van der Waals surface area contributed by atoms with E-state index in [2.05, 4.69) is 0 Å². The molecule has 1 aliphatic heterocycles. The molecule has 7 heteroatoms. The van der Waals surface area contributed by atoms with E-state index < -0.39 is 5.60 Å². The molecular weight excluding hydrogens is 482 g/mol. The Bertz CT molecular complexity index is 1230. The van der Waals surface area contributed by atoms with Gasteiger partial charge in [-0.15, -0.1) is 0 Å². The molecule has 0 saturated carbocycles. The van der Waals surface area contributed by atoms with Gasteiger partial charge in [0, 0.05) is 18.7 Å². The van der Waals surface area contributed by atoms with Crippen LogP contribution in [-0.2, 0) is 21.6 Å². The van der Waals surface area contributed by atoms with Crippen molar-refractivity contribution in [1.82, 2.24) is 4.90 Å². The van der Waals surface area contributed by atoms with E-state index in [1.165, 1.54) is 17.1 Å². The summed E-state index contributed by atoms with van der Waals surface area (Å²) in [5.41, 5.74) is 1.66. The number of nitrogens with zero attached hydrogens (tertiary/aromatic N) is 1. The van der Waals surface area contributed by atoms with E-state index >= 15 is 0 Å². The average Bonchev–Trinajstić information content (AvgIpc) is 3.28. The van der Waals surface area contributed by atoms with Crippen LogP contribution in [0.2, 0.25) is 0 Å². The Balaban J connectivity index is 1.59. The molecule has 7 nitrogen and oxygen atoms in total. The smallest absolute Gasteiger partial charge is 0.253 e. The Hall–Kier alpha value is -4.10. The fraction of sp³-hybridized carbons (Fsp3) is 0.290. The van der Waals surface area contributed by atoms with E-state index in [0.717, 1.165) is 37.0 Å². The van der Waals surface area contributed by atoms with Crippen molar-refractivity contribution in [2.45, 2.75) is 31.3 Å². The Kier molecular flexibility index (Phi) is 8.48. The molecule has 0 fully saturated rings. The lowest BCUT2D eigenvalue weighted by atomic mass is 9.79. The minimum absolute atomic E-state index is 0.249. The molecule has 1 heterocycles. The van der Waals surface area contributed by atoms with Crippen LogP contribution < -0.4 is 14.2 Å². The van der Waals surface area contributed by atoms with Crippen LogP contribution in [0.1, 0.15) is 41.5 Å². The quantitative estimate of drug-likeness (QED) is 0.215. The summed E-state index contributed by atoms with van der Waals surface area (Å²) in [6, 6.07) is 20.5. The lowest BCUT2D eigenvalue weighted by Crippen LogP contribution is -2.30. The van der Waals surface area contributed by atoms with Crippen molar-refractivity contribution < 1.29 is 28.9 Å². The molecule has 198 valence electrons. The van der Waals surface area contributed by atoms with Crippen LogP contribution in [0, 0.1) is 0 Å². The summed E-state index contributed by atoms with van der Waals surface area (Å²) in [7, 11) is 4.85. The van der Waals surface area contributed by atoms with Crippen molar-refractivity contribution in [1.29, 1.82) is 0 Å². The number of benzene rings is 3. The molecule has 1 N–H and O–H groups in total. The highest BCUT2D eigenvalue weighted by Crippen LogP contribution is 2.39. The number of unbranched alkanes of at least 4 members (excludes halogenated alkanes) is 2. The van der Waals surface area contributed by atoms with E-state index in [4.69, 9.17) is 14.2 Å². The molecule has 3 aromatic carbocycles. The number of carbonyl (C=O) groups excluding carboxylic acids is 2. The minimum Gasteiger partial charge on any atom is -0.497 e. The topological polar surface area (TPSA) is 85.3 Å². The lowest BCUT2D eigenvalue weighted by molar-refractivity contribution is -0.136. The summed E-state index contributed by atoms with van der Waals surface area (Å²) in [6.07, 6.45) is 5.75. The summed E-state index contributed by atoms with van der Waals surface area (Å²) < 4.78 is 16.3. The number of methoxy groups -OCH3 is 3. The average molecular weight is 516 g/mol. The van der Waals surface area contributed by atoms with Gasteiger partial charge in [-0.1, -0.05) is 36.8 Å². The third kappa shape index (κ3) is 5.58. The van der Waals surface area contributed by atoms with Crippen molar-refractivity contribution in [2.24, 2.45) is 0 Å². The number of hydrogen-bond donors (Lipinski definition) is 1. The minimum atomic E-state index is -1.43. The zero-order chi connectivity index (χ0) is 27.1. The second-order valence-corrected chi connectivity index (χ2v) is 9.17. The van der Waals surface area contributed by atoms with Gasteiger partial charge in [-0.2, -0.15) is 0 Å². The maximum Gasteiger partial charge on any atom is 0.253 e. The highest BCUT2D eigenvalue weighted by atomic mass is 16.5. The van der Waals surface area contributed by atoms with Gasteiger partial charge < -0.3 is 19.3 Å². The van der Waals surface area contributed by atoms with E-state index in [9.17, 15) is 14.7 Å². The molecule has 2 amide bonds. The third-order valence-electron chi connectivity index (χ3n) is 6.94. The summed E-state index contributed by atoms with van der Waals surface area (Å²) >= 11 is 0. The molecule has 0 atom stereocenters. The standard InChI is InChI=1S/C31H33NO6/c1-36-26-13-8-23(9-14-26)31(35,24-10-15-27(37-2)16-11-24)25-12-17-28(38-3)22(21-25)7-5-4-6-20-32-29(33)18-19-30(32)34/h8-19,21,35H,4-7,20H2,1-3H3. The first kappa shape index (κ1) is 26.9. The van der Waals surface area contributed by atoms with Crippen LogP contribution in [0.15, 0.2) is 78.9 Å². The fourth-order valence-corrected chi connectivity index (χ4v) is 4.78. The number of hydrogen-bond acceptors (Lipinski definition) is 6. The zero-order valence-corrected chi connectivity index (χ0v) is 22.0. The summed E-state index contributed by atoms with van der Waals surface area (Å²) in [5.74, 6) is 1.65. The van der Waals surface area contributed by atoms with Crippen LogP contribution >= 0.6 is 0 Å². The summed E-state index contributed by atoms with van der Waals surface area (Å²) in [5, 5.41) is 12.3. The molecule has 1 aliphatic rings. The first-order chi connectivity index (χ1) is 18.4. The maximum absolute atomic E-state index is 12.3. The van der Waals surface area contributed by atoms with Gasteiger partial charge in [-0.25, -0.2) is 0 Å². The molecule has 0 saturated heterocycles. The van der Waals surface area contributed by atoms with Crippen molar-refractivity contribution in [3.63, 3.8) is 0 Å². The van der Waals surface area contributed by atoms with Gasteiger partial charge in [0.25, 0.3) is 11.8 Å². The highest BCUT2D eigenvalue weighted by Gasteiger charge is 2.34. The van der Waals surface area contributed by atoms with Crippen LogP contribution in [-0.4, -0.2) is 49.7 Å². The molecule has 0 aliphatic carbocycles. The van der Waals surface area contributed by atoms with Crippen LogP contribution in [0.3, 0.4) is 0 Å². The number of aliphatic hydroxyl groups is 1. The van der Waals surface area contributed by atoms with E-state index in [-0.39, 0.29) is 11.8 Å². The third-order valence-corrected chi connectivity index (χ3v) is 6.94. The second kappa shape index (κ2) is 12.0. The SMILES string of the molecule is COc1ccc(C(O)(c2ccc(OC)cc2)c2ccc(OC)c(CCCCCN3C(=O)C=CC3=O)c2)cc1. The van der Waals surface area contributed by atoms with E-state index in [1.807, 2.05) is 66.7 Å². The fourth-order valence-electron chi connectivity index (χ4n) is 4.78. The van der Waals surface area contributed by atoms with Crippen LogP contribution in [0.25, 0.3) is 0 Å². The summed E-state index contributed by atoms with van der Waals surface area (Å²) in [4.78, 5) is 24.8. The van der Waals surface area contributed by atoms with Crippen molar-refractivity contribution in [2.75, 3.05) is 27.9 Å². The Morgan fingerprint density at radius 2 is 1.21 bits per heavy atom. The number of imide groups is 1. The number of carbonyl (C=O) groups is 2. The monoisotopic (exact) mass is 515 g/mol. The number of ether oxygens (including phenoxy) is 3. The summed E-state index contributed by atoms with van der Waals surface area (Å²) in [6.45, 7) is 0.413. The van der Waals surface area contributed by atoms with Crippen LogP contribution in [0.4, 0.5) is 0 Å². The predicted molar refractivity (Wildman–Crippen MR) is 144 cm³/mol. The lowest BCUT2D eigenvalue weighted by Gasteiger charge is -2.31. The molecular formula is C31H33NO6. The van der Waals surface area contributed by atoms with E-state index in [0.29, 0.717) is 34.7 Å². The van der Waals surface area contributed by atoms with Crippen molar-refractivity contribution >= 4 is 11.8 Å². The van der Waals surface area contributed by atoms with Gasteiger partial charge in [0.2, 0.25) is 0 Å². The number of aryl methyl sites for hydroxylation is 1. The zero-order valence-electron chi connectivity index (χ0n) is 22.0. The second-order valence-electron chi connectivity index (χ2n) is 9.17. The first-order valence-electron chi connectivity index (χ1n) is 12.6. The van der Waals surface area contributed by atoms with E-state index in [1.54, 1.807) is 21.3 Å². The van der Waals surface area contributed by atoms with Gasteiger partial charge >= 0.3 is 0 Å². The van der Waals surface area contributed by atoms with Crippen molar-refractivity contribution in [3.8, 4) is 17.2 Å². The van der Waals surface area contributed by atoms with Gasteiger partial charge in [0.15, 0.2) is 0 Å². The first-order valence-corrected chi connectivity index (χ1v) is 12.6. The predicted octanol–water partition coefficient (Wildman–Crippen LogP) is 4.63. The Labute approximate surface area is 223 Å². The molecule has 38 heavy (non-hydrogen) atoms. The van der Waals surface area contributed by atoms with Gasteiger partial charge in [-0.3, -0.25) is 14.5 Å². The molecule has 3 aromatic rings. The maximum atomic E-state index is 12.3. The van der Waals surface area contributed by atoms with Gasteiger partial charge in [0.05, 0.1) is 21.3 Å². The van der Waals surface area contributed by atoms with Gasteiger partial charge in [-0.05, 0) is 77.9 Å². The molecule has 0 aromatic heterocycles. The molecule has 0 radical (unpaired) electrons. The Morgan fingerprint density at radius 3 is 1.71 bits per heavy atom.